The van der Waals surface area contributed by atoms with Gasteiger partial charge in [-0.2, -0.15) is 18.3 Å². The molecule has 0 spiro atoms. The highest BCUT2D eigenvalue weighted by molar-refractivity contribution is 5.94. The first-order chi connectivity index (χ1) is 8.38. The molecule has 2 rings (SSSR count). The molecule has 4 nitrogen and oxygen atoms in total. The molecule has 18 heavy (non-hydrogen) atoms. The van der Waals surface area contributed by atoms with Crippen molar-refractivity contribution in [3.8, 4) is 11.4 Å². The number of alkyl halides is 3. The molecule has 0 aromatic carbocycles. The van der Waals surface area contributed by atoms with Crippen LogP contribution in [-0.2, 0) is 6.18 Å². The van der Waals surface area contributed by atoms with Gasteiger partial charge in [0.1, 0.15) is 11.4 Å². The number of rotatable bonds is 2. The number of carbonyl (C=O) groups is 1. The standard InChI is InChI=1S/C11H8F3N3O/c1-6(18)7-2-3-15-8(4-7)9-5-10(17-16-9)11(12,13)14/h2-5H,1H3,(H,16,17). The molecular formula is C11H8F3N3O. The van der Waals surface area contributed by atoms with Crippen molar-refractivity contribution >= 4 is 5.78 Å². The molecule has 7 heteroatoms. The quantitative estimate of drug-likeness (QED) is 0.839. The van der Waals surface area contributed by atoms with Crippen molar-refractivity contribution in [1.29, 1.82) is 0 Å². The van der Waals surface area contributed by atoms with Crippen LogP contribution in [0.15, 0.2) is 24.4 Å². The maximum atomic E-state index is 12.4. The molecule has 1 N–H and O–H groups in total. The fourth-order valence-corrected chi connectivity index (χ4v) is 1.39. The summed E-state index contributed by atoms with van der Waals surface area (Å²) in [7, 11) is 0. The summed E-state index contributed by atoms with van der Waals surface area (Å²) in [4.78, 5) is 15.0. The zero-order valence-electron chi connectivity index (χ0n) is 9.25. The third-order valence-corrected chi connectivity index (χ3v) is 2.31. The van der Waals surface area contributed by atoms with Crippen LogP contribution < -0.4 is 0 Å². The van der Waals surface area contributed by atoms with Crippen LogP contribution in [0.2, 0.25) is 0 Å². The molecule has 0 fully saturated rings. The van der Waals surface area contributed by atoms with E-state index >= 15 is 0 Å². The molecular weight excluding hydrogens is 247 g/mol. The summed E-state index contributed by atoms with van der Waals surface area (Å²) in [5.41, 5.74) is -0.316. The van der Waals surface area contributed by atoms with Gasteiger partial charge in [-0.3, -0.25) is 14.9 Å². The number of hydrogen-bond acceptors (Lipinski definition) is 3. The second-order valence-corrected chi connectivity index (χ2v) is 3.65. The number of carbonyl (C=O) groups excluding carboxylic acids is 1. The van der Waals surface area contributed by atoms with Crippen LogP contribution in [0.5, 0.6) is 0 Å². The van der Waals surface area contributed by atoms with Crippen LogP contribution in [0.25, 0.3) is 11.4 Å². The van der Waals surface area contributed by atoms with E-state index in [-0.39, 0.29) is 17.2 Å². The summed E-state index contributed by atoms with van der Waals surface area (Å²) in [6, 6.07) is 3.74. The van der Waals surface area contributed by atoms with Gasteiger partial charge in [0.25, 0.3) is 0 Å². The number of hydrogen-bond donors (Lipinski definition) is 1. The summed E-state index contributed by atoms with van der Waals surface area (Å²) in [6.45, 7) is 1.37. The second-order valence-electron chi connectivity index (χ2n) is 3.65. The number of ketones is 1. The first-order valence-electron chi connectivity index (χ1n) is 4.98. The van der Waals surface area contributed by atoms with Crippen molar-refractivity contribution in [3.05, 3.63) is 35.7 Å². The number of Topliss-reactive ketones (excluding diaryl/α,β-unsaturated/α-hetero) is 1. The van der Waals surface area contributed by atoms with Gasteiger partial charge in [-0.15, -0.1) is 0 Å². The minimum atomic E-state index is -4.48. The van der Waals surface area contributed by atoms with Gasteiger partial charge in [0, 0.05) is 11.8 Å². The Morgan fingerprint density at radius 1 is 1.28 bits per heavy atom. The zero-order valence-corrected chi connectivity index (χ0v) is 9.25. The lowest BCUT2D eigenvalue weighted by molar-refractivity contribution is -0.141. The molecule has 94 valence electrons. The molecule has 0 aliphatic heterocycles. The van der Waals surface area contributed by atoms with E-state index in [9.17, 15) is 18.0 Å². The van der Waals surface area contributed by atoms with E-state index in [1.807, 2.05) is 5.10 Å². The molecule has 0 saturated heterocycles. The van der Waals surface area contributed by atoms with Crippen LogP contribution >= 0.6 is 0 Å². The first kappa shape index (κ1) is 12.3. The number of pyridine rings is 1. The van der Waals surface area contributed by atoms with Crippen molar-refractivity contribution in [2.45, 2.75) is 13.1 Å². The summed E-state index contributed by atoms with van der Waals surface area (Å²) in [6.07, 6.45) is -3.13. The predicted octanol–water partition coefficient (Wildman–Crippen LogP) is 2.69. The average Bonchev–Trinajstić information content (AvgIpc) is 2.78. The Morgan fingerprint density at radius 3 is 2.56 bits per heavy atom. The third-order valence-electron chi connectivity index (χ3n) is 2.31. The Hall–Kier alpha value is -2.18. The Kier molecular flexibility index (Phi) is 2.90. The molecule has 2 aromatic rings. The van der Waals surface area contributed by atoms with Crippen LogP contribution in [0, 0.1) is 0 Å². The molecule has 0 amide bonds. The lowest BCUT2D eigenvalue weighted by Crippen LogP contribution is -2.04. The Bertz CT molecular complexity index is 589. The summed E-state index contributed by atoms with van der Waals surface area (Å²) < 4.78 is 37.1. The van der Waals surface area contributed by atoms with Crippen molar-refractivity contribution in [3.63, 3.8) is 0 Å². The average molecular weight is 255 g/mol. The maximum absolute atomic E-state index is 12.4. The minimum absolute atomic E-state index is 0.0467. The van der Waals surface area contributed by atoms with Gasteiger partial charge in [0.05, 0.1) is 5.69 Å². The van der Waals surface area contributed by atoms with E-state index in [1.54, 1.807) is 0 Å². The largest absolute Gasteiger partial charge is 0.432 e. The van der Waals surface area contributed by atoms with E-state index in [1.165, 1.54) is 25.3 Å². The molecule has 0 bridgehead atoms. The fraction of sp³-hybridized carbons (Fsp3) is 0.182. The molecule has 2 heterocycles. The Labute approximate surface area is 99.9 Å². The molecule has 0 aliphatic rings. The summed E-state index contributed by atoms with van der Waals surface area (Å²) in [5.74, 6) is -0.190. The Morgan fingerprint density at radius 2 is 2.00 bits per heavy atom. The molecule has 0 radical (unpaired) electrons. The number of aromatic amines is 1. The normalized spacial score (nSPS) is 11.6. The van der Waals surface area contributed by atoms with E-state index in [4.69, 9.17) is 0 Å². The zero-order chi connectivity index (χ0) is 13.3. The predicted molar refractivity (Wildman–Crippen MR) is 56.8 cm³/mol. The topological polar surface area (TPSA) is 58.6 Å². The third kappa shape index (κ3) is 2.39. The number of halogens is 3. The van der Waals surface area contributed by atoms with Crippen LogP contribution in [0.4, 0.5) is 13.2 Å². The van der Waals surface area contributed by atoms with E-state index in [0.717, 1.165) is 6.07 Å². The fourth-order valence-electron chi connectivity index (χ4n) is 1.39. The van der Waals surface area contributed by atoms with Crippen molar-refractivity contribution < 1.29 is 18.0 Å². The van der Waals surface area contributed by atoms with Crippen LogP contribution in [0.3, 0.4) is 0 Å². The number of H-pyrrole nitrogens is 1. The van der Waals surface area contributed by atoms with Crippen molar-refractivity contribution in [1.82, 2.24) is 15.2 Å². The van der Waals surface area contributed by atoms with Gasteiger partial charge in [-0.1, -0.05) is 0 Å². The molecule has 2 aromatic heterocycles. The monoisotopic (exact) mass is 255 g/mol. The van der Waals surface area contributed by atoms with Crippen LogP contribution in [-0.4, -0.2) is 21.0 Å². The second kappa shape index (κ2) is 4.25. The highest BCUT2D eigenvalue weighted by atomic mass is 19.4. The van der Waals surface area contributed by atoms with Gasteiger partial charge in [-0.05, 0) is 25.1 Å². The maximum Gasteiger partial charge on any atom is 0.432 e. The molecule has 0 unspecified atom stereocenters. The number of nitrogens with one attached hydrogen (secondary N) is 1. The van der Waals surface area contributed by atoms with E-state index in [0.29, 0.717) is 5.56 Å². The summed E-state index contributed by atoms with van der Waals surface area (Å²) >= 11 is 0. The SMILES string of the molecule is CC(=O)c1ccnc(-c2cc(C(F)(F)F)[nH]n2)c1. The van der Waals surface area contributed by atoms with E-state index < -0.39 is 11.9 Å². The first-order valence-corrected chi connectivity index (χ1v) is 4.98. The van der Waals surface area contributed by atoms with Crippen molar-refractivity contribution in [2.75, 3.05) is 0 Å². The molecule has 0 saturated carbocycles. The van der Waals surface area contributed by atoms with Gasteiger partial charge in [-0.25, -0.2) is 0 Å². The lowest BCUT2D eigenvalue weighted by Gasteiger charge is -2.00. The van der Waals surface area contributed by atoms with Crippen LogP contribution in [0.1, 0.15) is 23.0 Å². The number of aromatic nitrogens is 3. The highest BCUT2D eigenvalue weighted by Crippen LogP contribution is 2.29. The van der Waals surface area contributed by atoms with Gasteiger partial charge >= 0.3 is 6.18 Å². The summed E-state index contributed by atoms with van der Waals surface area (Å²) in [5, 5.41) is 5.43. The van der Waals surface area contributed by atoms with Gasteiger partial charge in [0.15, 0.2) is 5.78 Å². The molecule has 0 aliphatic carbocycles. The van der Waals surface area contributed by atoms with Gasteiger partial charge < -0.3 is 0 Å². The van der Waals surface area contributed by atoms with Gasteiger partial charge in [0.2, 0.25) is 0 Å². The minimum Gasteiger partial charge on any atom is -0.295 e. The highest BCUT2D eigenvalue weighted by Gasteiger charge is 2.33. The van der Waals surface area contributed by atoms with Crippen molar-refractivity contribution in [2.24, 2.45) is 0 Å². The smallest absolute Gasteiger partial charge is 0.295 e. The molecule has 0 atom stereocenters. The lowest BCUT2D eigenvalue weighted by atomic mass is 10.1. The van der Waals surface area contributed by atoms with E-state index in [2.05, 4.69) is 10.1 Å². The Balaban J connectivity index is 2.40. The number of nitrogens with zero attached hydrogens (tertiary/aromatic N) is 2.